The highest BCUT2D eigenvalue weighted by Gasteiger charge is 2.24. The molecule has 13 rings (SSSR count). The Balaban J connectivity index is 1.04. The van der Waals surface area contributed by atoms with Gasteiger partial charge in [-0.05, 0) is 115 Å². The fourth-order valence-electron chi connectivity index (χ4n) is 9.95. The van der Waals surface area contributed by atoms with Crippen LogP contribution < -0.4 is 4.90 Å². The van der Waals surface area contributed by atoms with Crippen molar-refractivity contribution in [2.24, 2.45) is 0 Å². The minimum absolute atomic E-state index is 0.850. The van der Waals surface area contributed by atoms with Crippen molar-refractivity contribution in [1.82, 2.24) is 0 Å². The van der Waals surface area contributed by atoms with E-state index in [0.717, 1.165) is 44.6 Å². The molecule has 0 saturated carbocycles. The number of benzene rings is 11. The Hall–Kier alpha value is -7.98. The third-order valence-corrected chi connectivity index (χ3v) is 14.1. The molecule has 13 aromatic rings. The Morgan fingerprint density at radius 2 is 0.952 bits per heavy atom. The van der Waals surface area contributed by atoms with E-state index in [9.17, 15) is 0 Å². The van der Waals surface area contributed by atoms with Crippen molar-refractivity contribution >= 4 is 103 Å². The minimum Gasteiger partial charge on any atom is -0.455 e. The van der Waals surface area contributed by atoms with Crippen LogP contribution in [0.25, 0.3) is 108 Å². The van der Waals surface area contributed by atoms with E-state index in [1.54, 1.807) is 0 Å². The molecule has 2 heterocycles. The van der Waals surface area contributed by atoms with Gasteiger partial charge in [-0.1, -0.05) is 170 Å². The van der Waals surface area contributed by atoms with Crippen LogP contribution in [0.3, 0.4) is 0 Å². The van der Waals surface area contributed by atoms with Crippen LogP contribution >= 0.6 is 11.3 Å². The molecule has 0 bridgehead atoms. The van der Waals surface area contributed by atoms with E-state index in [4.69, 9.17) is 4.42 Å². The summed E-state index contributed by atoms with van der Waals surface area (Å²) >= 11 is 1.87. The van der Waals surface area contributed by atoms with Gasteiger partial charge >= 0.3 is 0 Å². The summed E-state index contributed by atoms with van der Waals surface area (Å²) in [5, 5.41) is 12.0. The third kappa shape index (κ3) is 5.71. The summed E-state index contributed by atoms with van der Waals surface area (Å²) in [5.74, 6) is 0. The van der Waals surface area contributed by atoms with Crippen LogP contribution in [0.1, 0.15) is 0 Å². The van der Waals surface area contributed by atoms with E-state index in [1.165, 1.54) is 80.3 Å². The van der Waals surface area contributed by atoms with Gasteiger partial charge in [0.1, 0.15) is 11.2 Å². The number of thiophene rings is 1. The lowest BCUT2D eigenvalue weighted by Crippen LogP contribution is -2.10. The maximum atomic E-state index is 7.16. The number of fused-ring (bicyclic) bond motifs is 10. The molecule has 0 amide bonds. The van der Waals surface area contributed by atoms with Crippen LogP contribution in [0.4, 0.5) is 17.1 Å². The first-order valence-corrected chi connectivity index (χ1v) is 22.3. The average molecular weight is 820 g/mol. The smallest absolute Gasteiger partial charge is 0.143 e. The molecule has 0 spiro atoms. The molecule has 294 valence electrons. The van der Waals surface area contributed by atoms with Crippen LogP contribution in [0.15, 0.2) is 229 Å². The monoisotopic (exact) mass is 819 g/mol. The van der Waals surface area contributed by atoms with Crippen LogP contribution in [-0.4, -0.2) is 0 Å². The Bertz CT molecular complexity index is 3900. The molecule has 0 N–H and O–H groups in total. The molecule has 0 unspecified atom stereocenters. The second-order valence-corrected chi connectivity index (χ2v) is 17.4. The van der Waals surface area contributed by atoms with Gasteiger partial charge in [-0.2, -0.15) is 0 Å². The molecule has 11 aromatic carbocycles. The van der Waals surface area contributed by atoms with Crippen molar-refractivity contribution in [2.75, 3.05) is 4.90 Å². The maximum absolute atomic E-state index is 7.16. The van der Waals surface area contributed by atoms with E-state index >= 15 is 0 Å². The molecule has 63 heavy (non-hydrogen) atoms. The van der Waals surface area contributed by atoms with Crippen LogP contribution in [0.2, 0.25) is 0 Å². The number of hydrogen-bond acceptors (Lipinski definition) is 3. The van der Waals surface area contributed by atoms with Gasteiger partial charge in [0.15, 0.2) is 0 Å². The molecule has 0 fully saturated rings. The second-order valence-electron chi connectivity index (χ2n) is 16.4. The van der Waals surface area contributed by atoms with Gasteiger partial charge in [0.25, 0.3) is 0 Å². The first-order valence-electron chi connectivity index (χ1n) is 21.5. The number of furan rings is 1. The predicted molar refractivity (Wildman–Crippen MR) is 270 cm³/mol. The van der Waals surface area contributed by atoms with Gasteiger partial charge < -0.3 is 9.32 Å². The summed E-state index contributed by atoms with van der Waals surface area (Å²) in [6, 6.07) is 81.5. The van der Waals surface area contributed by atoms with E-state index < -0.39 is 0 Å². The lowest BCUT2D eigenvalue weighted by Gasteiger charge is -2.26. The summed E-state index contributed by atoms with van der Waals surface area (Å²) in [7, 11) is 0. The third-order valence-electron chi connectivity index (χ3n) is 12.8. The van der Waals surface area contributed by atoms with Gasteiger partial charge in [0, 0.05) is 42.5 Å². The van der Waals surface area contributed by atoms with Gasteiger partial charge in [-0.3, -0.25) is 0 Å². The summed E-state index contributed by atoms with van der Waals surface area (Å²) in [5.41, 5.74) is 12.0. The van der Waals surface area contributed by atoms with E-state index in [-0.39, 0.29) is 0 Å². The van der Waals surface area contributed by atoms with Crippen LogP contribution in [0.5, 0.6) is 0 Å². The summed E-state index contributed by atoms with van der Waals surface area (Å²) in [6.07, 6.45) is 0. The lowest BCUT2D eigenvalue weighted by molar-refractivity contribution is 0.670. The summed E-state index contributed by atoms with van der Waals surface area (Å²) in [4.78, 5) is 2.40. The molecular weight excluding hydrogens is 783 g/mol. The van der Waals surface area contributed by atoms with Crippen LogP contribution in [0, 0.1) is 0 Å². The highest BCUT2D eigenvalue weighted by molar-refractivity contribution is 7.26. The molecule has 3 heteroatoms. The second kappa shape index (κ2) is 14.3. The normalized spacial score (nSPS) is 11.8. The molecule has 2 nitrogen and oxygen atoms in total. The SMILES string of the molecule is c1ccc(-c2ccc(N(c3ccc(-c4cccc5c4sc4ccccc45)cc3)c3cccc4oc5c(-c6cc7ccccc7c7ccccc67)c6ccccc6cc5c34)cc2)cc1. The molecular formula is C60H37NOS. The topological polar surface area (TPSA) is 16.4 Å². The zero-order valence-corrected chi connectivity index (χ0v) is 34.9. The van der Waals surface area contributed by atoms with E-state index in [0.29, 0.717) is 0 Å². The van der Waals surface area contributed by atoms with Gasteiger partial charge in [-0.25, -0.2) is 0 Å². The minimum atomic E-state index is 0.850. The van der Waals surface area contributed by atoms with Crippen molar-refractivity contribution < 1.29 is 4.42 Å². The van der Waals surface area contributed by atoms with Crippen molar-refractivity contribution in [3.8, 4) is 33.4 Å². The Morgan fingerprint density at radius 3 is 1.73 bits per heavy atom. The quantitative estimate of drug-likeness (QED) is 0.155. The Kier molecular flexibility index (Phi) is 8.12. The van der Waals surface area contributed by atoms with Gasteiger partial charge in [0.05, 0.1) is 11.1 Å². The predicted octanol–water partition coefficient (Wildman–Crippen LogP) is 17.9. The summed E-state index contributed by atoms with van der Waals surface area (Å²) < 4.78 is 9.79. The number of nitrogens with zero attached hydrogens (tertiary/aromatic N) is 1. The number of hydrogen-bond donors (Lipinski definition) is 0. The largest absolute Gasteiger partial charge is 0.455 e. The molecule has 0 aliphatic heterocycles. The Labute approximate surface area is 368 Å². The maximum Gasteiger partial charge on any atom is 0.143 e. The summed E-state index contributed by atoms with van der Waals surface area (Å²) in [6.45, 7) is 0. The average Bonchev–Trinajstić information content (AvgIpc) is 3.93. The van der Waals surface area contributed by atoms with E-state index in [2.05, 4.69) is 229 Å². The van der Waals surface area contributed by atoms with E-state index in [1.807, 2.05) is 11.3 Å². The first kappa shape index (κ1) is 35.7. The number of anilines is 3. The molecule has 0 aliphatic rings. The molecule has 2 aromatic heterocycles. The zero-order chi connectivity index (χ0) is 41.4. The molecule has 0 aliphatic carbocycles. The fraction of sp³-hybridized carbons (Fsp3) is 0. The molecule has 0 atom stereocenters. The van der Waals surface area contributed by atoms with Crippen molar-refractivity contribution in [1.29, 1.82) is 0 Å². The van der Waals surface area contributed by atoms with Crippen LogP contribution in [-0.2, 0) is 0 Å². The highest BCUT2D eigenvalue weighted by Crippen LogP contribution is 2.49. The standard InChI is InChI=1S/C60H37NOS/c1-2-14-38(15-3-1)39-28-32-43(33-29-39)61(44-34-30-40(31-35-44)47-23-12-24-51-50-22-10-11-27-56(50)63-60(47)51)54-25-13-26-55-58(54)53-37-42-17-5-7-19-46(42)57(59(53)62-55)52-36-41-16-4-6-18-45(41)48-20-8-9-21-49(48)52/h1-37H. The van der Waals surface area contributed by atoms with Crippen molar-refractivity contribution in [3.63, 3.8) is 0 Å². The molecule has 0 saturated heterocycles. The lowest BCUT2D eigenvalue weighted by atomic mass is 9.89. The first-order chi connectivity index (χ1) is 31.2. The van der Waals surface area contributed by atoms with Crippen molar-refractivity contribution in [3.05, 3.63) is 224 Å². The van der Waals surface area contributed by atoms with Crippen molar-refractivity contribution in [2.45, 2.75) is 0 Å². The highest BCUT2D eigenvalue weighted by atomic mass is 32.1. The Morgan fingerprint density at radius 1 is 0.365 bits per heavy atom. The number of rotatable bonds is 6. The zero-order valence-electron chi connectivity index (χ0n) is 34.1. The van der Waals surface area contributed by atoms with Gasteiger partial charge in [0.2, 0.25) is 0 Å². The fourth-order valence-corrected chi connectivity index (χ4v) is 11.2. The molecule has 0 radical (unpaired) electrons. The van der Waals surface area contributed by atoms with Gasteiger partial charge in [-0.15, -0.1) is 11.3 Å².